The van der Waals surface area contributed by atoms with Crippen LogP contribution in [0, 0.1) is 6.07 Å². The van der Waals surface area contributed by atoms with Gasteiger partial charge in [0.15, 0.2) is 0 Å². The first-order chi connectivity index (χ1) is 7.72. The highest BCUT2D eigenvalue weighted by atomic mass is 16.5. The fraction of sp³-hybridized carbons (Fsp3) is 0.333. The first-order valence-corrected chi connectivity index (χ1v) is 5.05. The topological polar surface area (TPSA) is 55.4 Å². The fourth-order valence-electron chi connectivity index (χ4n) is 1.19. The quantitative estimate of drug-likeness (QED) is 0.769. The number of rotatable bonds is 5. The summed E-state index contributed by atoms with van der Waals surface area (Å²) >= 11 is 0. The predicted octanol–water partition coefficient (Wildman–Crippen LogP) is 1.77. The molecule has 1 amide bonds. The van der Waals surface area contributed by atoms with Crippen molar-refractivity contribution >= 4 is 17.6 Å². The standard InChI is InChI=1S/C12H14NO3/c1-16-12(15)9-5-8-11(14)13-10-6-3-2-4-7-10/h3-4,6-7H,5,8-9H2,1H3,(H,13,14). The minimum absolute atomic E-state index is 0.102. The van der Waals surface area contributed by atoms with Gasteiger partial charge in [0.2, 0.25) is 5.91 Å². The third kappa shape index (κ3) is 4.59. The van der Waals surface area contributed by atoms with E-state index < -0.39 is 0 Å². The van der Waals surface area contributed by atoms with Gasteiger partial charge in [-0.1, -0.05) is 12.1 Å². The van der Waals surface area contributed by atoms with Gasteiger partial charge in [-0.3, -0.25) is 9.59 Å². The molecule has 0 fully saturated rings. The van der Waals surface area contributed by atoms with E-state index in [0.29, 0.717) is 12.8 Å². The van der Waals surface area contributed by atoms with Crippen molar-refractivity contribution in [2.45, 2.75) is 19.3 Å². The molecule has 0 saturated heterocycles. The largest absolute Gasteiger partial charge is 0.469 e. The van der Waals surface area contributed by atoms with Gasteiger partial charge in [-0.25, -0.2) is 0 Å². The number of carbonyl (C=O) groups excluding carboxylic acids is 2. The lowest BCUT2D eigenvalue weighted by Crippen LogP contribution is -2.12. The number of nitrogens with one attached hydrogen (secondary N) is 1. The van der Waals surface area contributed by atoms with Crippen LogP contribution >= 0.6 is 0 Å². The first kappa shape index (κ1) is 12.2. The van der Waals surface area contributed by atoms with Crippen LogP contribution < -0.4 is 5.32 Å². The molecule has 0 heterocycles. The summed E-state index contributed by atoms with van der Waals surface area (Å²) in [6.45, 7) is 0. The van der Waals surface area contributed by atoms with Crippen LogP contribution in [0.2, 0.25) is 0 Å². The molecule has 0 saturated carbocycles. The summed E-state index contributed by atoms with van der Waals surface area (Å²) in [6, 6.07) is 9.84. The van der Waals surface area contributed by atoms with Crippen LogP contribution in [-0.4, -0.2) is 19.0 Å². The molecule has 16 heavy (non-hydrogen) atoms. The molecule has 4 heteroatoms. The molecule has 1 aromatic carbocycles. The molecule has 1 aromatic rings. The van der Waals surface area contributed by atoms with E-state index in [1.54, 1.807) is 24.3 Å². The van der Waals surface area contributed by atoms with Crippen LogP contribution in [0.1, 0.15) is 19.3 Å². The Bertz CT molecular complexity index is 349. The Morgan fingerprint density at radius 1 is 1.31 bits per heavy atom. The predicted molar refractivity (Wildman–Crippen MR) is 59.8 cm³/mol. The Hall–Kier alpha value is -1.84. The van der Waals surface area contributed by atoms with Gasteiger partial charge in [-0.05, 0) is 24.6 Å². The second kappa shape index (κ2) is 6.61. The minimum Gasteiger partial charge on any atom is -0.469 e. The van der Waals surface area contributed by atoms with E-state index in [1.165, 1.54) is 7.11 Å². The van der Waals surface area contributed by atoms with E-state index in [2.05, 4.69) is 16.1 Å². The summed E-state index contributed by atoms with van der Waals surface area (Å²) in [5.74, 6) is -0.391. The molecule has 0 spiro atoms. The Morgan fingerprint density at radius 2 is 2.00 bits per heavy atom. The number of hydrogen-bond donors (Lipinski definition) is 1. The first-order valence-electron chi connectivity index (χ1n) is 5.05. The Morgan fingerprint density at radius 3 is 2.62 bits per heavy atom. The van der Waals surface area contributed by atoms with E-state index in [4.69, 9.17) is 0 Å². The Labute approximate surface area is 94.6 Å². The summed E-state index contributed by atoms with van der Waals surface area (Å²) < 4.78 is 4.48. The van der Waals surface area contributed by atoms with E-state index >= 15 is 0 Å². The Balaban J connectivity index is 2.24. The van der Waals surface area contributed by atoms with Crippen molar-refractivity contribution in [3.8, 4) is 0 Å². The third-order valence-corrected chi connectivity index (χ3v) is 2.01. The normalized spacial score (nSPS) is 9.56. The zero-order chi connectivity index (χ0) is 11.8. The van der Waals surface area contributed by atoms with Gasteiger partial charge in [0.1, 0.15) is 0 Å². The summed E-state index contributed by atoms with van der Waals surface area (Å²) in [4.78, 5) is 22.2. The molecule has 0 unspecified atom stereocenters. The lowest BCUT2D eigenvalue weighted by molar-refractivity contribution is -0.140. The van der Waals surface area contributed by atoms with Crippen molar-refractivity contribution < 1.29 is 14.3 Å². The van der Waals surface area contributed by atoms with E-state index in [9.17, 15) is 9.59 Å². The smallest absolute Gasteiger partial charge is 0.305 e. The van der Waals surface area contributed by atoms with Crippen LogP contribution in [0.5, 0.6) is 0 Å². The number of benzene rings is 1. The maximum Gasteiger partial charge on any atom is 0.305 e. The van der Waals surface area contributed by atoms with Crippen LogP contribution in [-0.2, 0) is 14.3 Å². The van der Waals surface area contributed by atoms with Crippen LogP contribution in [0.4, 0.5) is 5.69 Å². The van der Waals surface area contributed by atoms with Gasteiger partial charge in [0, 0.05) is 18.5 Å². The fourth-order valence-corrected chi connectivity index (χ4v) is 1.19. The van der Waals surface area contributed by atoms with Gasteiger partial charge in [-0.15, -0.1) is 0 Å². The molecule has 0 aliphatic carbocycles. The van der Waals surface area contributed by atoms with Crippen molar-refractivity contribution in [1.29, 1.82) is 0 Å². The van der Waals surface area contributed by atoms with Gasteiger partial charge in [-0.2, -0.15) is 0 Å². The highest BCUT2D eigenvalue weighted by molar-refractivity contribution is 5.90. The van der Waals surface area contributed by atoms with Crippen LogP contribution in [0.25, 0.3) is 0 Å². The van der Waals surface area contributed by atoms with Gasteiger partial charge in [0.25, 0.3) is 0 Å². The number of ether oxygens (including phenoxy) is 1. The molecule has 0 aliphatic rings. The monoisotopic (exact) mass is 220 g/mol. The highest BCUT2D eigenvalue weighted by Crippen LogP contribution is 2.06. The second-order valence-electron chi connectivity index (χ2n) is 3.27. The molecular weight excluding hydrogens is 206 g/mol. The zero-order valence-corrected chi connectivity index (χ0v) is 9.16. The molecule has 0 bridgehead atoms. The molecule has 0 atom stereocenters. The Kier molecular flexibility index (Phi) is 5.05. The number of esters is 1. The number of anilines is 1. The second-order valence-corrected chi connectivity index (χ2v) is 3.27. The van der Waals surface area contributed by atoms with Crippen molar-refractivity contribution in [2.75, 3.05) is 12.4 Å². The number of carbonyl (C=O) groups is 2. The van der Waals surface area contributed by atoms with Crippen molar-refractivity contribution in [1.82, 2.24) is 0 Å². The average molecular weight is 220 g/mol. The number of methoxy groups -OCH3 is 1. The summed E-state index contributed by atoms with van der Waals surface area (Å²) in [5, 5.41) is 2.72. The van der Waals surface area contributed by atoms with Gasteiger partial charge < -0.3 is 10.1 Å². The van der Waals surface area contributed by atoms with E-state index in [-0.39, 0.29) is 18.3 Å². The SMILES string of the molecule is COC(=O)CCCC(=O)Nc1cc[c]cc1. The molecule has 0 aliphatic heterocycles. The summed E-state index contributed by atoms with van der Waals surface area (Å²) in [7, 11) is 1.34. The van der Waals surface area contributed by atoms with Crippen LogP contribution in [0.3, 0.4) is 0 Å². The maximum atomic E-state index is 11.4. The third-order valence-electron chi connectivity index (χ3n) is 2.01. The highest BCUT2D eigenvalue weighted by Gasteiger charge is 2.04. The zero-order valence-electron chi connectivity index (χ0n) is 9.16. The summed E-state index contributed by atoms with van der Waals surface area (Å²) in [6.07, 6.45) is 1.08. The van der Waals surface area contributed by atoms with Crippen molar-refractivity contribution in [2.24, 2.45) is 0 Å². The van der Waals surface area contributed by atoms with Gasteiger partial charge in [0.05, 0.1) is 7.11 Å². The lowest BCUT2D eigenvalue weighted by atomic mass is 10.2. The molecule has 0 aromatic heterocycles. The van der Waals surface area contributed by atoms with E-state index in [1.807, 2.05) is 0 Å². The van der Waals surface area contributed by atoms with Crippen LogP contribution in [0.15, 0.2) is 24.3 Å². The van der Waals surface area contributed by atoms with Crippen molar-refractivity contribution in [3.63, 3.8) is 0 Å². The number of amides is 1. The van der Waals surface area contributed by atoms with Gasteiger partial charge >= 0.3 is 5.97 Å². The molecule has 1 radical (unpaired) electrons. The molecular formula is C12H14NO3. The lowest BCUT2D eigenvalue weighted by Gasteiger charge is -2.04. The summed E-state index contributed by atoms with van der Waals surface area (Å²) in [5.41, 5.74) is 0.738. The average Bonchev–Trinajstić information content (AvgIpc) is 2.30. The molecule has 85 valence electrons. The molecule has 1 N–H and O–H groups in total. The van der Waals surface area contributed by atoms with Crippen molar-refractivity contribution in [3.05, 3.63) is 30.3 Å². The molecule has 4 nitrogen and oxygen atoms in total. The molecule has 1 rings (SSSR count). The minimum atomic E-state index is -0.290. The van der Waals surface area contributed by atoms with E-state index in [0.717, 1.165) is 5.69 Å². The maximum absolute atomic E-state index is 11.4. The number of hydrogen-bond acceptors (Lipinski definition) is 3.